The van der Waals surface area contributed by atoms with E-state index in [9.17, 15) is 4.79 Å². The molecule has 0 unspecified atom stereocenters. The molecule has 0 spiro atoms. The van der Waals surface area contributed by atoms with E-state index in [1.807, 2.05) is 4.90 Å². The van der Waals surface area contributed by atoms with Crippen LogP contribution in [0.2, 0.25) is 0 Å². The Balaban J connectivity index is 1.57. The van der Waals surface area contributed by atoms with Gasteiger partial charge in [0.2, 0.25) is 5.91 Å². The number of aromatic nitrogens is 4. The topological polar surface area (TPSA) is 76.4 Å². The third-order valence-corrected chi connectivity index (χ3v) is 4.32. The minimum atomic E-state index is 0.0627. The van der Waals surface area contributed by atoms with Crippen LogP contribution in [0.4, 0.5) is 0 Å². The Morgan fingerprint density at radius 1 is 1.05 bits per heavy atom. The van der Waals surface area contributed by atoms with Crippen molar-refractivity contribution in [3.8, 4) is 0 Å². The van der Waals surface area contributed by atoms with E-state index in [0.717, 1.165) is 25.5 Å². The van der Waals surface area contributed by atoms with Gasteiger partial charge in [0.15, 0.2) is 5.82 Å². The normalized spacial score (nSPS) is 20.8. The molecule has 122 valence electrons. The van der Waals surface area contributed by atoms with Crippen LogP contribution in [0.3, 0.4) is 0 Å². The molecule has 8 heteroatoms. The van der Waals surface area contributed by atoms with Crippen molar-refractivity contribution in [1.29, 1.82) is 0 Å². The molecule has 8 nitrogen and oxygen atoms in total. The fourth-order valence-electron chi connectivity index (χ4n) is 2.99. The van der Waals surface area contributed by atoms with E-state index in [4.69, 9.17) is 4.74 Å². The molecule has 2 aliphatic rings. The highest BCUT2D eigenvalue weighted by Crippen LogP contribution is 2.12. The lowest BCUT2D eigenvalue weighted by molar-refractivity contribution is -0.136. The molecule has 2 fully saturated rings. The summed E-state index contributed by atoms with van der Waals surface area (Å²) in [5.74, 6) is 0.844. The van der Waals surface area contributed by atoms with Crippen molar-refractivity contribution in [1.82, 2.24) is 30.0 Å². The molecule has 2 saturated heterocycles. The standard InChI is InChI=1S/C14H24N6O2/c21-14(19-7-9-22-10-8-19)12-20-13(15-16-17-20)11-18-5-3-1-2-4-6-18/h1-12H2. The molecule has 3 rings (SSSR count). The number of carbonyl (C=O) groups is 1. The number of rotatable bonds is 4. The Morgan fingerprint density at radius 3 is 2.50 bits per heavy atom. The molecule has 0 radical (unpaired) electrons. The van der Waals surface area contributed by atoms with Crippen LogP contribution in [-0.2, 0) is 22.6 Å². The SMILES string of the molecule is O=C(Cn1nnnc1CN1CCCCCC1)N1CCOCC1. The van der Waals surface area contributed by atoms with E-state index in [0.29, 0.717) is 26.3 Å². The zero-order chi connectivity index (χ0) is 15.2. The van der Waals surface area contributed by atoms with Crippen LogP contribution < -0.4 is 0 Å². The zero-order valence-electron chi connectivity index (χ0n) is 13.0. The Bertz CT molecular complexity index is 477. The summed E-state index contributed by atoms with van der Waals surface area (Å²) in [6.45, 7) is 5.66. The maximum Gasteiger partial charge on any atom is 0.244 e. The van der Waals surface area contributed by atoms with Gasteiger partial charge in [0.25, 0.3) is 0 Å². The predicted octanol–water partition coefficient (Wildman–Crippen LogP) is -0.0921. The Kier molecular flexibility index (Phi) is 5.33. The first-order valence-electron chi connectivity index (χ1n) is 8.16. The lowest BCUT2D eigenvalue weighted by Gasteiger charge is -2.27. The molecule has 3 heterocycles. The molecule has 1 aromatic heterocycles. The summed E-state index contributed by atoms with van der Waals surface area (Å²) in [6.07, 6.45) is 5.07. The maximum absolute atomic E-state index is 12.3. The molecular weight excluding hydrogens is 284 g/mol. The van der Waals surface area contributed by atoms with E-state index in [2.05, 4.69) is 20.4 Å². The molecule has 0 atom stereocenters. The van der Waals surface area contributed by atoms with Crippen molar-refractivity contribution in [2.75, 3.05) is 39.4 Å². The number of morpholine rings is 1. The molecule has 0 bridgehead atoms. The van der Waals surface area contributed by atoms with Crippen LogP contribution in [0.15, 0.2) is 0 Å². The van der Waals surface area contributed by atoms with Gasteiger partial charge in [-0.15, -0.1) is 5.10 Å². The van der Waals surface area contributed by atoms with Crippen molar-refractivity contribution in [2.45, 2.75) is 38.8 Å². The first kappa shape index (κ1) is 15.4. The Hall–Kier alpha value is -1.54. The second-order valence-corrected chi connectivity index (χ2v) is 5.94. The average molecular weight is 308 g/mol. The van der Waals surface area contributed by atoms with E-state index in [1.54, 1.807) is 4.68 Å². The van der Waals surface area contributed by atoms with E-state index in [1.165, 1.54) is 25.7 Å². The van der Waals surface area contributed by atoms with Crippen molar-refractivity contribution < 1.29 is 9.53 Å². The highest BCUT2D eigenvalue weighted by atomic mass is 16.5. The van der Waals surface area contributed by atoms with Crippen molar-refractivity contribution >= 4 is 5.91 Å². The van der Waals surface area contributed by atoms with Crippen molar-refractivity contribution in [2.24, 2.45) is 0 Å². The van der Waals surface area contributed by atoms with Crippen molar-refractivity contribution in [3.05, 3.63) is 5.82 Å². The van der Waals surface area contributed by atoms with Crippen molar-refractivity contribution in [3.63, 3.8) is 0 Å². The number of tetrazole rings is 1. The van der Waals surface area contributed by atoms with E-state index < -0.39 is 0 Å². The van der Waals surface area contributed by atoms with Gasteiger partial charge in [-0.05, 0) is 36.4 Å². The number of hydrogen-bond donors (Lipinski definition) is 0. The van der Waals surface area contributed by atoms with Crippen LogP contribution in [0.25, 0.3) is 0 Å². The largest absolute Gasteiger partial charge is 0.378 e. The van der Waals surface area contributed by atoms with Gasteiger partial charge in [-0.25, -0.2) is 4.68 Å². The van der Waals surface area contributed by atoms with Crippen LogP contribution >= 0.6 is 0 Å². The molecule has 0 aromatic carbocycles. The summed E-state index contributed by atoms with van der Waals surface area (Å²) in [5, 5.41) is 11.8. The minimum Gasteiger partial charge on any atom is -0.378 e. The lowest BCUT2D eigenvalue weighted by atomic mass is 10.2. The summed E-state index contributed by atoms with van der Waals surface area (Å²) >= 11 is 0. The number of likely N-dealkylation sites (tertiary alicyclic amines) is 1. The molecule has 0 N–H and O–H groups in total. The van der Waals surface area contributed by atoms with Crippen LogP contribution in [0, 0.1) is 0 Å². The van der Waals surface area contributed by atoms with Gasteiger partial charge in [-0.2, -0.15) is 0 Å². The fraction of sp³-hybridized carbons (Fsp3) is 0.857. The van der Waals surface area contributed by atoms with Gasteiger partial charge >= 0.3 is 0 Å². The van der Waals surface area contributed by atoms with Gasteiger partial charge in [-0.3, -0.25) is 9.69 Å². The summed E-state index contributed by atoms with van der Waals surface area (Å²) in [4.78, 5) is 16.5. The second kappa shape index (κ2) is 7.64. The monoisotopic (exact) mass is 308 g/mol. The summed E-state index contributed by atoms with van der Waals surface area (Å²) in [6, 6.07) is 0. The number of carbonyl (C=O) groups excluding carboxylic acids is 1. The number of nitrogens with zero attached hydrogens (tertiary/aromatic N) is 6. The zero-order valence-corrected chi connectivity index (χ0v) is 13.0. The minimum absolute atomic E-state index is 0.0627. The molecule has 1 amide bonds. The van der Waals surface area contributed by atoms with Gasteiger partial charge in [0.1, 0.15) is 6.54 Å². The smallest absolute Gasteiger partial charge is 0.244 e. The van der Waals surface area contributed by atoms with Crippen LogP contribution in [0.1, 0.15) is 31.5 Å². The average Bonchev–Trinajstić information content (AvgIpc) is 2.82. The number of amides is 1. The Labute approximate surface area is 130 Å². The predicted molar refractivity (Wildman–Crippen MR) is 79.0 cm³/mol. The summed E-state index contributed by atoms with van der Waals surface area (Å²) in [5.41, 5.74) is 0. The third-order valence-electron chi connectivity index (χ3n) is 4.32. The summed E-state index contributed by atoms with van der Waals surface area (Å²) < 4.78 is 6.92. The van der Waals surface area contributed by atoms with E-state index >= 15 is 0 Å². The highest BCUT2D eigenvalue weighted by Gasteiger charge is 2.20. The third kappa shape index (κ3) is 4.01. The first-order valence-corrected chi connectivity index (χ1v) is 8.16. The van der Waals surface area contributed by atoms with Gasteiger partial charge < -0.3 is 9.64 Å². The molecule has 0 aliphatic carbocycles. The second-order valence-electron chi connectivity index (χ2n) is 5.94. The summed E-state index contributed by atoms with van der Waals surface area (Å²) in [7, 11) is 0. The Morgan fingerprint density at radius 2 is 1.77 bits per heavy atom. The van der Waals surface area contributed by atoms with E-state index in [-0.39, 0.29) is 12.5 Å². The van der Waals surface area contributed by atoms with Gasteiger partial charge in [-0.1, -0.05) is 12.8 Å². The fourth-order valence-corrected chi connectivity index (χ4v) is 2.99. The maximum atomic E-state index is 12.3. The quantitative estimate of drug-likeness (QED) is 0.773. The molecule has 22 heavy (non-hydrogen) atoms. The number of hydrogen-bond acceptors (Lipinski definition) is 6. The first-order chi connectivity index (χ1) is 10.8. The lowest BCUT2D eigenvalue weighted by Crippen LogP contribution is -2.42. The molecule has 1 aromatic rings. The highest BCUT2D eigenvalue weighted by molar-refractivity contribution is 5.76. The number of ether oxygens (including phenoxy) is 1. The van der Waals surface area contributed by atoms with Gasteiger partial charge in [0.05, 0.1) is 19.8 Å². The van der Waals surface area contributed by atoms with Crippen LogP contribution in [-0.4, -0.2) is 75.3 Å². The molecule has 0 saturated carbocycles. The molecular formula is C14H24N6O2. The van der Waals surface area contributed by atoms with Crippen LogP contribution in [0.5, 0.6) is 0 Å². The molecule has 2 aliphatic heterocycles. The van der Waals surface area contributed by atoms with Gasteiger partial charge in [0, 0.05) is 13.1 Å².